The molecule has 2 aromatic carbocycles. The van der Waals surface area contributed by atoms with E-state index in [9.17, 15) is 0 Å². The van der Waals surface area contributed by atoms with Crippen LogP contribution in [0.15, 0.2) is 54.6 Å². The van der Waals surface area contributed by atoms with Crippen molar-refractivity contribution in [3.8, 4) is 11.1 Å². The molecule has 0 radical (unpaired) electrons. The van der Waals surface area contributed by atoms with Crippen LogP contribution in [0, 0.1) is 0 Å². The van der Waals surface area contributed by atoms with Crippen molar-refractivity contribution >= 4 is 23.0 Å². The summed E-state index contributed by atoms with van der Waals surface area (Å²) in [6, 6.07) is 18.9. The highest BCUT2D eigenvalue weighted by Gasteiger charge is 2.04. The molecule has 1 nitrogen and oxygen atoms in total. The van der Waals surface area contributed by atoms with E-state index in [1.54, 1.807) is 0 Å². The van der Waals surface area contributed by atoms with Gasteiger partial charge in [0.2, 0.25) is 0 Å². The van der Waals surface area contributed by atoms with E-state index in [0.717, 1.165) is 0 Å². The van der Waals surface area contributed by atoms with Gasteiger partial charge in [-0.1, -0.05) is 48.5 Å². The molecule has 0 atom stereocenters. The minimum Gasteiger partial charge on any atom is -0.377 e. The van der Waals surface area contributed by atoms with E-state index < -0.39 is 0 Å². The van der Waals surface area contributed by atoms with Crippen LogP contribution < -0.4 is 4.90 Å². The zero-order chi connectivity index (χ0) is 10.7. The fourth-order valence-corrected chi connectivity index (χ4v) is 1.73. The smallest absolute Gasteiger partial charge is 0.187 e. The van der Waals surface area contributed by atoms with Gasteiger partial charge in [-0.25, -0.2) is 0 Å². The zero-order valence-corrected chi connectivity index (χ0v) is 9.14. The second kappa shape index (κ2) is 5.75. The van der Waals surface area contributed by atoms with E-state index in [4.69, 9.17) is 0 Å². The molecular weight excluding hydrogens is 209 g/mol. The predicted octanol–water partition coefficient (Wildman–Crippen LogP) is 2.24. The van der Waals surface area contributed by atoms with Crippen molar-refractivity contribution in [2.24, 2.45) is 0 Å². The van der Waals surface area contributed by atoms with Crippen LogP contribution in [0.3, 0.4) is 0 Å². The van der Waals surface area contributed by atoms with Crippen molar-refractivity contribution in [1.82, 2.24) is 0 Å². The van der Waals surface area contributed by atoms with Gasteiger partial charge in [0, 0.05) is 25.3 Å². The minimum atomic E-state index is 0. The van der Waals surface area contributed by atoms with E-state index in [1.165, 1.54) is 16.8 Å². The number of hydrogen-bond donors (Lipinski definition) is 0. The summed E-state index contributed by atoms with van der Waals surface area (Å²) >= 11 is 0. The first-order valence-electron chi connectivity index (χ1n) is 5.11. The maximum Gasteiger partial charge on any atom is 0.187 e. The third kappa shape index (κ3) is 2.67. The van der Waals surface area contributed by atoms with E-state index in [0.29, 0.717) is 0 Å². The molecule has 0 heterocycles. The molecular formula is C14H18AlN. The Hall–Kier alpha value is -1.23. The van der Waals surface area contributed by atoms with E-state index >= 15 is 0 Å². The quantitative estimate of drug-likeness (QED) is 0.711. The zero-order valence-electron chi connectivity index (χ0n) is 9.14. The standard InChI is InChI=1S/C14H15N.Al.3H/c1-15(2)14-11-7-6-10-13(14)12-8-4-3-5-9-12;;;;/h3-11H,1-2H3;;;;. The average molecular weight is 227 g/mol. The van der Waals surface area contributed by atoms with Gasteiger partial charge in [0.15, 0.2) is 17.4 Å². The van der Waals surface area contributed by atoms with Crippen molar-refractivity contribution < 1.29 is 0 Å². The van der Waals surface area contributed by atoms with E-state index in [1.807, 2.05) is 6.07 Å². The highest BCUT2D eigenvalue weighted by atomic mass is 27.0. The van der Waals surface area contributed by atoms with Gasteiger partial charge in [-0.3, -0.25) is 0 Å². The fraction of sp³-hybridized carbons (Fsp3) is 0.143. The summed E-state index contributed by atoms with van der Waals surface area (Å²) in [4.78, 5) is 2.14. The Balaban J connectivity index is 0.00000128. The van der Waals surface area contributed by atoms with Crippen LogP contribution in [-0.4, -0.2) is 31.5 Å². The van der Waals surface area contributed by atoms with E-state index in [-0.39, 0.29) is 17.4 Å². The van der Waals surface area contributed by atoms with Gasteiger partial charge in [0.1, 0.15) is 0 Å². The third-order valence-electron chi connectivity index (χ3n) is 2.47. The number of nitrogens with zero attached hydrogens (tertiary/aromatic N) is 1. The lowest BCUT2D eigenvalue weighted by atomic mass is 10.0. The lowest BCUT2D eigenvalue weighted by Gasteiger charge is -2.17. The molecule has 0 bridgehead atoms. The first kappa shape index (κ1) is 12.8. The molecule has 2 rings (SSSR count). The Labute approximate surface area is 108 Å². The summed E-state index contributed by atoms with van der Waals surface area (Å²) in [6.45, 7) is 0. The lowest BCUT2D eigenvalue weighted by Crippen LogP contribution is -2.09. The van der Waals surface area contributed by atoms with Crippen LogP contribution in [-0.2, 0) is 0 Å². The Bertz CT molecular complexity index is 437. The molecule has 0 N–H and O–H groups in total. The molecule has 0 saturated heterocycles. The minimum absolute atomic E-state index is 0. The van der Waals surface area contributed by atoms with Gasteiger partial charge in [-0.05, 0) is 11.6 Å². The molecule has 0 fully saturated rings. The first-order chi connectivity index (χ1) is 7.29. The van der Waals surface area contributed by atoms with Crippen LogP contribution in [0.25, 0.3) is 11.1 Å². The average Bonchev–Trinajstić information content (AvgIpc) is 2.30. The second-order valence-corrected chi connectivity index (χ2v) is 3.78. The van der Waals surface area contributed by atoms with Crippen molar-refractivity contribution in [3.05, 3.63) is 54.6 Å². The summed E-state index contributed by atoms with van der Waals surface area (Å²) in [6.07, 6.45) is 0. The molecule has 0 aliphatic heterocycles. The third-order valence-corrected chi connectivity index (χ3v) is 2.47. The maximum absolute atomic E-state index is 2.16. The van der Waals surface area contributed by atoms with Gasteiger partial charge in [0.25, 0.3) is 0 Å². The summed E-state index contributed by atoms with van der Waals surface area (Å²) in [5, 5.41) is 0. The van der Waals surface area contributed by atoms with Crippen LogP contribution >= 0.6 is 0 Å². The second-order valence-electron chi connectivity index (χ2n) is 3.78. The van der Waals surface area contributed by atoms with Crippen molar-refractivity contribution in [2.75, 3.05) is 19.0 Å². The molecule has 0 aliphatic rings. The SMILES string of the molecule is CN(C)c1ccccc1-c1ccccc1.[AlH3]. The van der Waals surface area contributed by atoms with Crippen LogP contribution in [0.4, 0.5) is 5.69 Å². The molecule has 2 aromatic rings. The molecule has 0 amide bonds. The summed E-state index contributed by atoms with van der Waals surface area (Å²) < 4.78 is 0. The van der Waals surface area contributed by atoms with Crippen LogP contribution in [0.5, 0.6) is 0 Å². The van der Waals surface area contributed by atoms with Gasteiger partial charge < -0.3 is 4.90 Å². The number of para-hydroxylation sites is 1. The normalized spacial score (nSPS) is 9.38. The molecule has 0 saturated carbocycles. The van der Waals surface area contributed by atoms with Crippen LogP contribution in [0.2, 0.25) is 0 Å². The summed E-state index contributed by atoms with van der Waals surface area (Å²) in [5.41, 5.74) is 3.80. The predicted molar refractivity (Wildman–Crippen MR) is 76.1 cm³/mol. The van der Waals surface area contributed by atoms with Crippen molar-refractivity contribution in [3.63, 3.8) is 0 Å². The topological polar surface area (TPSA) is 3.24 Å². The number of rotatable bonds is 2. The van der Waals surface area contributed by atoms with E-state index in [2.05, 4.69) is 67.5 Å². The van der Waals surface area contributed by atoms with Crippen LogP contribution in [0.1, 0.15) is 0 Å². The summed E-state index contributed by atoms with van der Waals surface area (Å²) in [7, 11) is 4.14. The van der Waals surface area contributed by atoms with Crippen molar-refractivity contribution in [2.45, 2.75) is 0 Å². The fourth-order valence-electron chi connectivity index (χ4n) is 1.73. The Morgan fingerprint density at radius 3 is 1.94 bits per heavy atom. The Morgan fingerprint density at radius 1 is 0.750 bits per heavy atom. The highest BCUT2D eigenvalue weighted by Crippen LogP contribution is 2.28. The van der Waals surface area contributed by atoms with Gasteiger partial charge in [-0.2, -0.15) is 0 Å². The first-order valence-corrected chi connectivity index (χ1v) is 5.11. The van der Waals surface area contributed by atoms with Gasteiger partial charge in [0.05, 0.1) is 0 Å². The van der Waals surface area contributed by atoms with Gasteiger partial charge >= 0.3 is 0 Å². The number of hydrogen-bond acceptors (Lipinski definition) is 1. The monoisotopic (exact) mass is 227 g/mol. The number of benzene rings is 2. The molecule has 82 valence electrons. The summed E-state index contributed by atoms with van der Waals surface area (Å²) in [5.74, 6) is 0. The number of anilines is 1. The molecule has 0 spiro atoms. The molecule has 0 aromatic heterocycles. The molecule has 0 unspecified atom stereocenters. The Kier molecular flexibility index (Phi) is 4.61. The highest BCUT2D eigenvalue weighted by molar-refractivity contribution is 5.78. The molecule has 0 aliphatic carbocycles. The molecule has 16 heavy (non-hydrogen) atoms. The lowest BCUT2D eigenvalue weighted by molar-refractivity contribution is 1.13. The largest absolute Gasteiger partial charge is 0.377 e. The Morgan fingerprint density at radius 2 is 1.31 bits per heavy atom. The maximum atomic E-state index is 2.16. The van der Waals surface area contributed by atoms with Crippen molar-refractivity contribution in [1.29, 1.82) is 0 Å². The van der Waals surface area contributed by atoms with Gasteiger partial charge in [-0.15, -0.1) is 0 Å². The molecule has 2 heteroatoms.